The summed E-state index contributed by atoms with van der Waals surface area (Å²) >= 11 is 0. The van der Waals surface area contributed by atoms with Gasteiger partial charge in [0.2, 0.25) is 0 Å². The van der Waals surface area contributed by atoms with Crippen LogP contribution in [0.5, 0.6) is 34.5 Å². The molecule has 3 aromatic carbocycles. The molecular formula is C35H46O6. The second-order valence-electron chi connectivity index (χ2n) is 12.7. The summed E-state index contributed by atoms with van der Waals surface area (Å²) in [5, 5.41) is 53.5. The Morgan fingerprint density at radius 2 is 1.54 bits per heavy atom. The molecule has 4 rings (SSSR count). The van der Waals surface area contributed by atoms with Gasteiger partial charge in [0.25, 0.3) is 0 Å². The van der Waals surface area contributed by atoms with Crippen molar-refractivity contribution in [3.63, 3.8) is 0 Å². The largest absolute Gasteiger partial charge is 0.508 e. The van der Waals surface area contributed by atoms with Crippen molar-refractivity contribution in [3.8, 4) is 34.5 Å². The Hall–Kier alpha value is -3.54. The van der Waals surface area contributed by atoms with Crippen LogP contribution in [0, 0.1) is 5.92 Å². The third-order valence-corrected chi connectivity index (χ3v) is 10.5. The van der Waals surface area contributed by atoms with Crippen molar-refractivity contribution >= 4 is 0 Å². The SMILES string of the molecule is CCC(C)c1cc(CC(C)(CC)c2cc3c(cc2O)OC(C)(c2ccc(O)cc2O)C(C)C3(C)CC)c(O)cc1O. The molecule has 5 unspecified atom stereocenters. The number of phenolic OH excluding ortho intramolecular Hbond substituents is 5. The first kappa shape index (κ1) is 30.4. The highest BCUT2D eigenvalue weighted by Crippen LogP contribution is 2.57. The maximum atomic E-state index is 11.5. The molecule has 0 saturated carbocycles. The van der Waals surface area contributed by atoms with Crippen LogP contribution < -0.4 is 4.74 Å². The minimum Gasteiger partial charge on any atom is -0.508 e. The van der Waals surface area contributed by atoms with Gasteiger partial charge in [0.1, 0.15) is 40.1 Å². The number of phenols is 5. The predicted molar refractivity (Wildman–Crippen MR) is 162 cm³/mol. The molecule has 41 heavy (non-hydrogen) atoms. The van der Waals surface area contributed by atoms with Crippen molar-refractivity contribution in [2.45, 2.75) is 103 Å². The Labute approximate surface area is 244 Å². The molecule has 0 aromatic heterocycles. The van der Waals surface area contributed by atoms with Gasteiger partial charge in [-0.1, -0.05) is 48.5 Å². The smallest absolute Gasteiger partial charge is 0.138 e. The molecule has 6 heteroatoms. The molecule has 0 radical (unpaired) electrons. The molecular weight excluding hydrogens is 516 g/mol. The van der Waals surface area contributed by atoms with E-state index >= 15 is 0 Å². The van der Waals surface area contributed by atoms with Gasteiger partial charge in [0.15, 0.2) is 0 Å². The maximum Gasteiger partial charge on any atom is 0.138 e. The summed E-state index contributed by atoms with van der Waals surface area (Å²) in [5.74, 6) is 0.834. The number of ether oxygens (including phenoxy) is 1. The van der Waals surface area contributed by atoms with Crippen molar-refractivity contribution in [3.05, 3.63) is 70.3 Å². The second kappa shape index (κ2) is 10.7. The van der Waals surface area contributed by atoms with Gasteiger partial charge < -0.3 is 30.3 Å². The van der Waals surface area contributed by atoms with E-state index in [1.165, 1.54) is 12.1 Å². The van der Waals surface area contributed by atoms with Crippen molar-refractivity contribution < 1.29 is 30.3 Å². The van der Waals surface area contributed by atoms with E-state index in [0.29, 0.717) is 24.2 Å². The van der Waals surface area contributed by atoms with Gasteiger partial charge in [-0.25, -0.2) is 0 Å². The van der Waals surface area contributed by atoms with Crippen molar-refractivity contribution in [1.82, 2.24) is 0 Å². The van der Waals surface area contributed by atoms with E-state index in [4.69, 9.17) is 4.74 Å². The van der Waals surface area contributed by atoms with Crippen LogP contribution >= 0.6 is 0 Å². The number of hydrogen-bond donors (Lipinski definition) is 5. The van der Waals surface area contributed by atoms with Gasteiger partial charge in [0.05, 0.1) is 0 Å². The van der Waals surface area contributed by atoms with Crippen LogP contribution in [0.3, 0.4) is 0 Å². The summed E-state index contributed by atoms with van der Waals surface area (Å²) in [5.41, 5.74) is 2.09. The van der Waals surface area contributed by atoms with E-state index in [2.05, 4.69) is 54.5 Å². The fourth-order valence-corrected chi connectivity index (χ4v) is 6.69. The third-order valence-electron chi connectivity index (χ3n) is 10.5. The van der Waals surface area contributed by atoms with E-state index in [9.17, 15) is 25.5 Å². The van der Waals surface area contributed by atoms with E-state index in [1.54, 1.807) is 18.2 Å². The third kappa shape index (κ3) is 4.96. The normalized spacial score (nSPS) is 24.2. The quantitative estimate of drug-likeness (QED) is 0.189. The minimum atomic E-state index is -0.915. The molecule has 0 saturated heterocycles. The van der Waals surface area contributed by atoms with Gasteiger partial charge in [-0.2, -0.15) is 0 Å². The Kier molecular flexibility index (Phi) is 7.94. The maximum absolute atomic E-state index is 11.5. The zero-order valence-corrected chi connectivity index (χ0v) is 25.7. The number of fused-ring (bicyclic) bond motifs is 1. The number of aromatic hydroxyl groups is 5. The lowest BCUT2D eigenvalue weighted by atomic mass is 9.60. The molecule has 1 aliphatic heterocycles. The lowest BCUT2D eigenvalue weighted by Crippen LogP contribution is -2.51. The Balaban J connectivity index is 1.84. The predicted octanol–water partition coefficient (Wildman–Crippen LogP) is 8.25. The lowest BCUT2D eigenvalue weighted by molar-refractivity contribution is -0.0330. The first-order valence-electron chi connectivity index (χ1n) is 14.8. The van der Waals surface area contributed by atoms with Gasteiger partial charge >= 0.3 is 0 Å². The van der Waals surface area contributed by atoms with Gasteiger partial charge in [0, 0.05) is 51.6 Å². The standard InChI is InChI=1S/C35H46O6/c1-9-20(4)24-14-22(28(37)17-29(24)38)19-33(6,10-2)26-16-27-32(18-31(26)40)41-35(8,21(5)34(27,7)11-3)25-13-12-23(36)15-30(25)39/h12-18,20-21,36-40H,9-11,19H2,1-8H3. The minimum absolute atomic E-state index is 0.0194. The monoisotopic (exact) mass is 562 g/mol. The van der Waals surface area contributed by atoms with Crippen molar-refractivity contribution in [2.75, 3.05) is 0 Å². The van der Waals surface area contributed by atoms with Crippen LogP contribution in [0.25, 0.3) is 0 Å². The molecule has 6 nitrogen and oxygen atoms in total. The molecule has 5 atom stereocenters. The summed E-state index contributed by atoms with van der Waals surface area (Å²) in [7, 11) is 0. The summed E-state index contributed by atoms with van der Waals surface area (Å²) in [4.78, 5) is 0. The van der Waals surface area contributed by atoms with Crippen LogP contribution in [0.1, 0.15) is 108 Å². The Bertz CT molecular complexity index is 1450. The molecule has 1 heterocycles. The molecule has 0 spiro atoms. The molecule has 1 aliphatic rings. The first-order chi connectivity index (χ1) is 19.1. The van der Waals surface area contributed by atoms with Crippen molar-refractivity contribution in [2.24, 2.45) is 5.92 Å². The molecule has 0 bridgehead atoms. The zero-order valence-electron chi connectivity index (χ0n) is 25.7. The molecule has 0 aliphatic carbocycles. The summed E-state index contributed by atoms with van der Waals surface area (Å²) < 4.78 is 6.65. The highest BCUT2D eigenvalue weighted by atomic mass is 16.5. The van der Waals surface area contributed by atoms with Gasteiger partial charge in [-0.3, -0.25) is 0 Å². The number of benzene rings is 3. The number of rotatable bonds is 8. The fraction of sp³-hybridized carbons (Fsp3) is 0.486. The molecule has 5 N–H and O–H groups in total. The Morgan fingerprint density at radius 1 is 0.854 bits per heavy atom. The zero-order chi connectivity index (χ0) is 30.5. The lowest BCUT2D eigenvalue weighted by Gasteiger charge is -2.52. The number of hydrogen-bond acceptors (Lipinski definition) is 6. The summed E-state index contributed by atoms with van der Waals surface area (Å²) in [6.07, 6.45) is 2.84. The van der Waals surface area contributed by atoms with Gasteiger partial charge in [-0.05, 0) is 73.9 Å². The van der Waals surface area contributed by atoms with E-state index in [1.807, 2.05) is 13.0 Å². The van der Waals surface area contributed by atoms with Crippen LogP contribution in [-0.2, 0) is 22.9 Å². The topological polar surface area (TPSA) is 110 Å². The fourth-order valence-electron chi connectivity index (χ4n) is 6.69. The molecule has 0 amide bonds. The van der Waals surface area contributed by atoms with Gasteiger partial charge in [-0.15, -0.1) is 0 Å². The van der Waals surface area contributed by atoms with Crippen LogP contribution in [0.2, 0.25) is 0 Å². The average Bonchev–Trinajstić information content (AvgIpc) is 2.92. The van der Waals surface area contributed by atoms with Crippen LogP contribution in [-0.4, -0.2) is 25.5 Å². The summed E-state index contributed by atoms with van der Waals surface area (Å²) in [6.45, 7) is 16.7. The highest BCUT2D eigenvalue weighted by molar-refractivity contribution is 5.56. The molecule has 222 valence electrons. The summed E-state index contributed by atoms with van der Waals surface area (Å²) in [6, 6.07) is 11.7. The molecule has 0 fully saturated rings. The van der Waals surface area contributed by atoms with E-state index in [0.717, 1.165) is 35.1 Å². The average molecular weight is 563 g/mol. The highest BCUT2D eigenvalue weighted by Gasteiger charge is 2.52. The van der Waals surface area contributed by atoms with E-state index < -0.39 is 11.0 Å². The molecule has 3 aromatic rings. The van der Waals surface area contributed by atoms with Crippen molar-refractivity contribution in [1.29, 1.82) is 0 Å². The second-order valence-corrected chi connectivity index (χ2v) is 12.7. The first-order valence-corrected chi connectivity index (χ1v) is 14.8. The van der Waals surface area contributed by atoms with E-state index in [-0.39, 0.29) is 46.0 Å². The van der Waals surface area contributed by atoms with Crippen LogP contribution in [0.15, 0.2) is 42.5 Å². The van der Waals surface area contributed by atoms with Crippen LogP contribution in [0.4, 0.5) is 0 Å². The Morgan fingerprint density at radius 3 is 2.12 bits per heavy atom.